The van der Waals surface area contributed by atoms with Gasteiger partial charge in [0, 0.05) is 10.6 Å². The van der Waals surface area contributed by atoms with E-state index in [1.54, 1.807) is 0 Å². The zero-order valence-electron chi connectivity index (χ0n) is 15.8. The number of fused-ring (bicyclic) bond motifs is 2. The average Bonchev–Trinajstić information content (AvgIpc) is 2.66. The summed E-state index contributed by atoms with van der Waals surface area (Å²) in [4.78, 5) is 0. The smallest absolute Gasteiger partial charge is 0.0956 e. The lowest BCUT2D eigenvalue weighted by atomic mass is 9.55. The van der Waals surface area contributed by atoms with E-state index in [9.17, 15) is 5.11 Å². The maximum Gasteiger partial charge on any atom is 0.0956 e. The van der Waals surface area contributed by atoms with Gasteiger partial charge < -0.3 is 5.11 Å². The van der Waals surface area contributed by atoms with E-state index in [-0.39, 0.29) is 5.92 Å². The van der Waals surface area contributed by atoms with E-state index in [1.807, 2.05) is 18.2 Å². The third-order valence-corrected chi connectivity index (χ3v) is 7.39. The van der Waals surface area contributed by atoms with Crippen LogP contribution in [0.25, 0.3) is 11.1 Å². The normalized spacial score (nSPS) is 33.8. The second-order valence-corrected chi connectivity index (χ2v) is 8.94. The average molecular weight is 369 g/mol. The molecule has 0 heterocycles. The Kier molecular flexibility index (Phi) is 4.88. The fourth-order valence-electron chi connectivity index (χ4n) is 5.76. The van der Waals surface area contributed by atoms with Crippen LogP contribution in [0.1, 0.15) is 51.5 Å². The van der Waals surface area contributed by atoms with Crippen molar-refractivity contribution in [1.29, 1.82) is 0 Å². The molecule has 2 aromatic rings. The minimum atomic E-state index is -0.764. The van der Waals surface area contributed by atoms with E-state index < -0.39 is 5.60 Å². The van der Waals surface area contributed by atoms with Gasteiger partial charge in [0.1, 0.15) is 0 Å². The van der Waals surface area contributed by atoms with Gasteiger partial charge in [-0.1, -0.05) is 74.3 Å². The first-order valence-corrected chi connectivity index (χ1v) is 10.5. The molecule has 4 rings (SSSR count). The molecule has 1 nitrogen and oxygen atoms in total. The van der Waals surface area contributed by atoms with Gasteiger partial charge in [0.05, 0.1) is 5.60 Å². The van der Waals surface area contributed by atoms with Crippen LogP contribution in [0.2, 0.25) is 5.02 Å². The molecule has 26 heavy (non-hydrogen) atoms. The van der Waals surface area contributed by atoms with Crippen LogP contribution in [0.4, 0.5) is 0 Å². The third kappa shape index (κ3) is 2.90. The predicted octanol–water partition coefficient (Wildman–Crippen LogP) is 6.68. The highest BCUT2D eigenvalue weighted by atomic mass is 35.5. The Labute approximate surface area is 162 Å². The summed E-state index contributed by atoms with van der Waals surface area (Å²) >= 11 is 6.52. The number of hydrogen-bond acceptors (Lipinski definition) is 1. The molecule has 0 amide bonds. The summed E-state index contributed by atoms with van der Waals surface area (Å²) in [6.45, 7) is 4.54. The van der Waals surface area contributed by atoms with Gasteiger partial charge in [-0.3, -0.25) is 0 Å². The van der Waals surface area contributed by atoms with Crippen molar-refractivity contribution >= 4 is 11.6 Å². The van der Waals surface area contributed by atoms with Gasteiger partial charge in [-0.2, -0.15) is 0 Å². The Morgan fingerprint density at radius 2 is 1.65 bits per heavy atom. The van der Waals surface area contributed by atoms with Gasteiger partial charge in [-0.25, -0.2) is 0 Å². The number of aliphatic hydroxyl groups is 1. The highest BCUT2D eigenvalue weighted by Crippen LogP contribution is 2.56. The fourth-order valence-corrected chi connectivity index (χ4v) is 6.00. The largest absolute Gasteiger partial charge is 0.385 e. The second kappa shape index (κ2) is 7.02. The van der Waals surface area contributed by atoms with Crippen molar-refractivity contribution in [3.8, 4) is 11.1 Å². The second-order valence-electron chi connectivity index (χ2n) is 8.53. The molecule has 138 valence electrons. The topological polar surface area (TPSA) is 20.2 Å². The van der Waals surface area contributed by atoms with Gasteiger partial charge in [-0.15, -0.1) is 0 Å². The Bertz CT molecular complexity index is 783. The lowest BCUT2D eigenvalue weighted by molar-refractivity contribution is -0.133. The van der Waals surface area contributed by atoms with Crippen LogP contribution >= 0.6 is 11.6 Å². The molecule has 2 aliphatic rings. The molecule has 2 fully saturated rings. The lowest BCUT2D eigenvalue weighted by Gasteiger charge is -2.53. The van der Waals surface area contributed by atoms with E-state index in [4.69, 9.17) is 11.6 Å². The van der Waals surface area contributed by atoms with E-state index in [1.165, 1.54) is 12.8 Å². The number of hydrogen-bond donors (Lipinski definition) is 1. The molecule has 2 aliphatic carbocycles. The molecular formula is C24H29ClO. The van der Waals surface area contributed by atoms with Gasteiger partial charge >= 0.3 is 0 Å². The summed E-state index contributed by atoms with van der Waals surface area (Å²) in [7, 11) is 0. The molecule has 0 spiro atoms. The minimum Gasteiger partial charge on any atom is -0.385 e. The molecule has 0 radical (unpaired) electrons. The quantitative estimate of drug-likeness (QED) is 0.640. The maximum absolute atomic E-state index is 12.1. The van der Waals surface area contributed by atoms with Crippen molar-refractivity contribution in [2.75, 3.05) is 0 Å². The molecule has 2 bridgehead atoms. The van der Waals surface area contributed by atoms with Crippen molar-refractivity contribution in [2.45, 2.75) is 51.6 Å². The van der Waals surface area contributed by atoms with Crippen LogP contribution in [0.15, 0.2) is 48.5 Å². The minimum absolute atomic E-state index is 0.271. The van der Waals surface area contributed by atoms with Crippen molar-refractivity contribution < 1.29 is 5.11 Å². The van der Waals surface area contributed by atoms with E-state index in [2.05, 4.69) is 44.2 Å². The maximum atomic E-state index is 12.1. The zero-order chi connectivity index (χ0) is 18.3. The molecule has 5 unspecified atom stereocenters. The van der Waals surface area contributed by atoms with Crippen LogP contribution < -0.4 is 0 Å². The summed E-state index contributed by atoms with van der Waals surface area (Å²) in [6, 6.07) is 16.4. The molecule has 0 aliphatic heterocycles. The molecule has 0 aromatic heterocycles. The molecule has 0 saturated heterocycles. The number of benzene rings is 2. The Balaban J connectivity index is 1.83. The van der Waals surface area contributed by atoms with Gasteiger partial charge in [-0.05, 0) is 66.5 Å². The highest BCUT2D eigenvalue weighted by Gasteiger charge is 2.51. The summed E-state index contributed by atoms with van der Waals surface area (Å²) in [5.74, 6) is 2.15. The van der Waals surface area contributed by atoms with Crippen LogP contribution in [-0.2, 0) is 5.60 Å². The van der Waals surface area contributed by atoms with Crippen molar-refractivity contribution in [1.82, 2.24) is 0 Å². The molecule has 2 heteroatoms. The first-order valence-electron chi connectivity index (χ1n) is 10.1. The van der Waals surface area contributed by atoms with E-state index in [0.29, 0.717) is 5.92 Å². The third-order valence-electron chi connectivity index (χ3n) is 7.06. The summed E-state index contributed by atoms with van der Waals surface area (Å²) < 4.78 is 0. The van der Waals surface area contributed by atoms with Gasteiger partial charge in [0.15, 0.2) is 0 Å². The molecule has 1 N–H and O–H groups in total. The van der Waals surface area contributed by atoms with Crippen molar-refractivity contribution in [2.24, 2.45) is 23.7 Å². The standard InChI is InChI=1S/C24H29ClO/c1-3-17-13-18-12-16(2)24(26,19(14-17)15-18)22-10-6-4-8-20(22)21-9-5-7-11-23(21)25/h4-11,16-19,26H,3,12-15H2,1-2H3. The van der Waals surface area contributed by atoms with Crippen LogP contribution in [0.3, 0.4) is 0 Å². The molecular weight excluding hydrogens is 340 g/mol. The molecule has 2 aromatic carbocycles. The SMILES string of the molecule is CCC1CC2CC(C)C(O)(c3ccccc3-c3ccccc3Cl)C(C1)C2. The van der Waals surface area contributed by atoms with Gasteiger partial charge in [0.2, 0.25) is 0 Å². The summed E-state index contributed by atoms with van der Waals surface area (Å²) in [6.07, 6.45) is 6.00. The van der Waals surface area contributed by atoms with E-state index in [0.717, 1.165) is 52.8 Å². The van der Waals surface area contributed by atoms with E-state index >= 15 is 0 Å². The lowest BCUT2D eigenvalue weighted by Crippen LogP contribution is -2.50. The van der Waals surface area contributed by atoms with Gasteiger partial charge in [0.25, 0.3) is 0 Å². The van der Waals surface area contributed by atoms with Crippen LogP contribution in [0.5, 0.6) is 0 Å². The first kappa shape index (κ1) is 18.1. The molecule has 5 atom stereocenters. The van der Waals surface area contributed by atoms with Crippen LogP contribution in [-0.4, -0.2) is 5.11 Å². The molecule has 2 saturated carbocycles. The van der Waals surface area contributed by atoms with Crippen molar-refractivity contribution in [3.63, 3.8) is 0 Å². The van der Waals surface area contributed by atoms with Crippen molar-refractivity contribution in [3.05, 3.63) is 59.1 Å². The van der Waals surface area contributed by atoms with Crippen LogP contribution in [0, 0.1) is 23.7 Å². The fraction of sp³-hybridized carbons (Fsp3) is 0.500. The zero-order valence-corrected chi connectivity index (χ0v) is 16.5. The number of rotatable bonds is 3. The Morgan fingerprint density at radius 1 is 0.962 bits per heavy atom. The monoisotopic (exact) mass is 368 g/mol. The predicted molar refractivity (Wildman–Crippen MR) is 109 cm³/mol. The highest BCUT2D eigenvalue weighted by molar-refractivity contribution is 6.33. The number of halogens is 1. The Hall–Kier alpha value is -1.31. The Morgan fingerprint density at radius 3 is 2.38 bits per heavy atom. The summed E-state index contributed by atoms with van der Waals surface area (Å²) in [5.41, 5.74) is 2.42. The summed E-state index contributed by atoms with van der Waals surface area (Å²) in [5, 5.41) is 12.9. The first-order chi connectivity index (χ1) is 12.5.